The molecule has 2 atom stereocenters. The third-order valence-electron chi connectivity index (χ3n) is 5.55. The van der Waals surface area contributed by atoms with Crippen molar-refractivity contribution >= 4 is 17.6 Å². The van der Waals surface area contributed by atoms with Gasteiger partial charge < -0.3 is 20.4 Å². The number of aryl methyl sites for hydroxylation is 1. The van der Waals surface area contributed by atoms with Crippen LogP contribution in [-0.2, 0) is 4.79 Å². The van der Waals surface area contributed by atoms with Crippen molar-refractivity contribution in [1.82, 2.24) is 15.1 Å². The molecular formula is C21H32N4O2. The van der Waals surface area contributed by atoms with Gasteiger partial charge in [0.25, 0.3) is 0 Å². The molecule has 0 aromatic heterocycles. The first kappa shape index (κ1) is 19.7. The van der Waals surface area contributed by atoms with E-state index in [0.29, 0.717) is 19.1 Å². The molecule has 0 bridgehead atoms. The fourth-order valence-electron chi connectivity index (χ4n) is 4.14. The van der Waals surface area contributed by atoms with Crippen molar-refractivity contribution in [3.05, 3.63) is 29.8 Å². The number of anilines is 1. The van der Waals surface area contributed by atoms with E-state index in [1.54, 1.807) is 4.90 Å². The van der Waals surface area contributed by atoms with Crippen molar-refractivity contribution in [3.63, 3.8) is 0 Å². The minimum absolute atomic E-state index is 0.0887. The highest BCUT2D eigenvalue weighted by molar-refractivity contribution is 5.90. The Bertz CT molecular complexity index is 657. The van der Waals surface area contributed by atoms with Crippen LogP contribution < -0.4 is 10.6 Å². The average Bonchev–Trinajstić information content (AvgIpc) is 3.20. The van der Waals surface area contributed by atoms with Crippen molar-refractivity contribution < 1.29 is 9.59 Å². The summed E-state index contributed by atoms with van der Waals surface area (Å²) < 4.78 is 0. The molecule has 0 radical (unpaired) electrons. The monoisotopic (exact) mass is 372 g/mol. The van der Waals surface area contributed by atoms with Gasteiger partial charge >= 0.3 is 6.03 Å². The average molecular weight is 373 g/mol. The van der Waals surface area contributed by atoms with Crippen LogP contribution in [0.1, 0.15) is 38.2 Å². The number of nitrogens with zero attached hydrogens (tertiary/aromatic N) is 2. The molecule has 2 N–H and O–H groups in total. The molecule has 148 valence electrons. The third kappa shape index (κ3) is 5.01. The summed E-state index contributed by atoms with van der Waals surface area (Å²) in [5.74, 6) is 0.132. The predicted octanol–water partition coefficient (Wildman–Crippen LogP) is 2.84. The number of carbonyl (C=O) groups is 2. The van der Waals surface area contributed by atoms with Gasteiger partial charge in [-0.2, -0.15) is 0 Å². The third-order valence-corrected chi connectivity index (χ3v) is 5.55. The second-order valence-corrected chi connectivity index (χ2v) is 7.76. The molecule has 2 aliphatic rings. The zero-order chi connectivity index (χ0) is 19.2. The summed E-state index contributed by atoms with van der Waals surface area (Å²) >= 11 is 0. The smallest absolute Gasteiger partial charge is 0.321 e. The van der Waals surface area contributed by atoms with Gasteiger partial charge in [-0.1, -0.05) is 19.1 Å². The van der Waals surface area contributed by atoms with Crippen molar-refractivity contribution in [2.24, 2.45) is 5.92 Å². The molecule has 0 aliphatic carbocycles. The standard InChI is InChI=1S/C21H32N4O2/c1-3-11-25(19-9-10-22-14-19)20(26)17-7-5-12-24(15-17)21(27)23-18-8-4-6-16(2)13-18/h4,6,8,13,17,19,22H,3,5,7,9-12,14-15H2,1-2H3,(H,23,27). The van der Waals surface area contributed by atoms with E-state index >= 15 is 0 Å². The van der Waals surface area contributed by atoms with Crippen LogP contribution >= 0.6 is 0 Å². The first-order valence-electron chi connectivity index (χ1n) is 10.2. The van der Waals surface area contributed by atoms with E-state index in [9.17, 15) is 9.59 Å². The lowest BCUT2D eigenvalue weighted by Crippen LogP contribution is -2.51. The topological polar surface area (TPSA) is 64.7 Å². The van der Waals surface area contributed by atoms with Gasteiger partial charge in [-0.25, -0.2) is 4.79 Å². The molecule has 2 aliphatic heterocycles. The number of urea groups is 1. The summed E-state index contributed by atoms with van der Waals surface area (Å²) in [6, 6.07) is 7.99. The van der Waals surface area contributed by atoms with Gasteiger partial charge in [0.1, 0.15) is 0 Å². The molecule has 0 saturated carbocycles. The van der Waals surface area contributed by atoms with Crippen molar-refractivity contribution in [1.29, 1.82) is 0 Å². The fraction of sp³-hybridized carbons (Fsp3) is 0.619. The van der Waals surface area contributed by atoms with Gasteiger partial charge in [-0.15, -0.1) is 0 Å². The Morgan fingerprint density at radius 3 is 2.89 bits per heavy atom. The Kier molecular flexibility index (Phi) is 6.72. The van der Waals surface area contributed by atoms with E-state index in [1.807, 2.05) is 31.2 Å². The highest BCUT2D eigenvalue weighted by Crippen LogP contribution is 2.22. The zero-order valence-electron chi connectivity index (χ0n) is 16.5. The lowest BCUT2D eigenvalue weighted by Gasteiger charge is -2.37. The minimum atomic E-state index is -0.109. The summed E-state index contributed by atoms with van der Waals surface area (Å²) in [6.07, 6.45) is 3.73. The van der Waals surface area contributed by atoms with Crippen LogP contribution in [0, 0.1) is 12.8 Å². The second kappa shape index (κ2) is 9.22. The fourth-order valence-corrected chi connectivity index (χ4v) is 4.14. The highest BCUT2D eigenvalue weighted by Gasteiger charge is 2.34. The largest absolute Gasteiger partial charge is 0.338 e. The van der Waals surface area contributed by atoms with Crippen LogP contribution in [0.15, 0.2) is 24.3 Å². The van der Waals surface area contributed by atoms with Gasteiger partial charge in [0, 0.05) is 37.9 Å². The number of rotatable bonds is 5. The quantitative estimate of drug-likeness (QED) is 0.835. The molecule has 3 amide bonds. The number of hydrogen-bond donors (Lipinski definition) is 2. The van der Waals surface area contributed by atoms with Crippen LogP contribution in [0.5, 0.6) is 0 Å². The van der Waals surface area contributed by atoms with Crippen LogP contribution in [0.25, 0.3) is 0 Å². The number of amides is 3. The van der Waals surface area contributed by atoms with E-state index < -0.39 is 0 Å². The van der Waals surface area contributed by atoms with Crippen molar-refractivity contribution in [2.75, 3.05) is 38.0 Å². The number of nitrogens with one attached hydrogen (secondary N) is 2. The Balaban J connectivity index is 1.62. The molecule has 6 nitrogen and oxygen atoms in total. The van der Waals surface area contributed by atoms with Crippen LogP contribution in [0.4, 0.5) is 10.5 Å². The molecular weight excluding hydrogens is 340 g/mol. The van der Waals surface area contributed by atoms with E-state index in [0.717, 1.165) is 56.6 Å². The van der Waals surface area contributed by atoms with Crippen LogP contribution in [-0.4, -0.2) is 60.5 Å². The van der Waals surface area contributed by atoms with Gasteiger partial charge in [0.2, 0.25) is 5.91 Å². The van der Waals surface area contributed by atoms with E-state index in [2.05, 4.69) is 22.5 Å². The van der Waals surface area contributed by atoms with Gasteiger partial charge in [-0.3, -0.25) is 4.79 Å². The van der Waals surface area contributed by atoms with Crippen LogP contribution in [0.2, 0.25) is 0 Å². The van der Waals surface area contributed by atoms with Gasteiger partial charge in [-0.05, 0) is 56.8 Å². The number of likely N-dealkylation sites (tertiary alicyclic amines) is 1. The Labute approximate surface area is 162 Å². The Morgan fingerprint density at radius 2 is 2.19 bits per heavy atom. The maximum absolute atomic E-state index is 13.2. The van der Waals surface area contributed by atoms with Crippen molar-refractivity contribution in [2.45, 2.75) is 45.6 Å². The van der Waals surface area contributed by atoms with Gasteiger partial charge in [0.05, 0.1) is 5.92 Å². The molecule has 1 aromatic carbocycles. The second-order valence-electron chi connectivity index (χ2n) is 7.76. The first-order valence-corrected chi connectivity index (χ1v) is 10.2. The molecule has 2 unspecified atom stereocenters. The maximum atomic E-state index is 13.2. The van der Waals surface area contributed by atoms with Crippen LogP contribution in [0.3, 0.4) is 0 Å². The van der Waals surface area contributed by atoms with Crippen molar-refractivity contribution in [3.8, 4) is 0 Å². The molecule has 2 heterocycles. The zero-order valence-corrected chi connectivity index (χ0v) is 16.5. The van der Waals surface area contributed by atoms with E-state index in [-0.39, 0.29) is 17.9 Å². The molecule has 1 aromatic rings. The molecule has 27 heavy (non-hydrogen) atoms. The molecule has 2 saturated heterocycles. The maximum Gasteiger partial charge on any atom is 0.321 e. The normalized spacial score (nSPS) is 22.5. The molecule has 0 spiro atoms. The number of piperidine rings is 1. The Morgan fingerprint density at radius 1 is 1.33 bits per heavy atom. The summed E-state index contributed by atoms with van der Waals surface area (Å²) in [5, 5.41) is 6.33. The number of benzene rings is 1. The van der Waals surface area contributed by atoms with Gasteiger partial charge in [0.15, 0.2) is 0 Å². The number of carbonyl (C=O) groups excluding carboxylic acids is 2. The molecule has 6 heteroatoms. The summed E-state index contributed by atoms with van der Waals surface area (Å²) in [5.41, 5.74) is 1.91. The first-order chi connectivity index (χ1) is 13.1. The molecule has 2 fully saturated rings. The lowest BCUT2D eigenvalue weighted by atomic mass is 9.95. The minimum Gasteiger partial charge on any atom is -0.338 e. The number of hydrogen-bond acceptors (Lipinski definition) is 3. The summed E-state index contributed by atoms with van der Waals surface area (Å²) in [4.78, 5) is 29.7. The highest BCUT2D eigenvalue weighted by atomic mass is 16.2. The lowest BCUT2D eigenvalue weighted by molar-refractivity contribution is -0.139. The SMILES string of the molecule is CCCN(C(=O)C1CCCN(C(=O)Nc2cccc(C)c2)C1)C1CCNC1. The molecule has 3 rings (SSSR count). The Hall–Kier alpha value is -2.08. The summed E-state index contributed by atoms with van der Waals surface area (Å²) in [6.45, 7) is 8.01. The summed E-state index contributed by atoms with van der Waals surface area (Å²) in [7, 11) is 0. The van der Waals surface area contributed by atoms with E-state index in [4.69, 9.17) is 0 Å². The van der Waals surface area contributed by atoms with E-state index in [1.165, 1.54) is 0 Å². The predicted molar refractivity (Wildman–Crippen MR) is 108 cm³/mol.